The summed E-state index contributed by atoms with van der Waals surface area (Å²) in [6.45, 7) is 5.93. The van der Waals surface area contributed by atoms with Crippen LogP contribution in [-0.4, -0.2) is 66.0 Å². The Kier molecular flexibility index (Phi) is 6.72. The molecule has 1 aliphatic carbocycles. The van der Waals surface area contributed by atoms with Crippen molar-refractivity contribution in [1.29, 1.82) is 0 Å². The summed E-state index contributed by atoms with van der Waals surface area (Å²) in [4.78, 5) is 23.7. The first-order chi connectivity index (χ1) is 15.3. The lowest BCUT2D eigenvalue weighted by molar-refractivity contribution is 0.0696. The topological polar surface area (TPSA) is 65.7 Å². The average molecular weight is 460 g/mol. The van der Waals surface area contributed by atoms with Crippen LogP contribution < -0.4 is 10.6 Å². The lowest BCUT2D eigenvalue weighted by atomic mass is 9.94. The molecule has 0 unspecified atom stereocenters. The fourth-order valence-electron chi connectivity index (χ4n) is 4.93. The average Bonchev–Trinajstić information content (AvgIpc) is 3.28. The number of carbonyl (C=O) groups excluding carboxylic acids is 1. The largest absolute Gasteiger partial charge is 0.397 e. The first-order valence-corrected chi connectivity index (χ1v) is 12.4. The number of hydrogen-bond acceptors (Lipinski definition) is 6. The molecule has 1 aromatic carbocycles. The Morgan fingerprint density at radius 3 is 2.50 bits per heavy atom. The Hall–Kier alpha value is -2.19. The molecule has 174 valence electrons. The van der Waals surface area contributed by atoms with Gasteiger partial charge in [-0.1, -0.05) is 19.3 Å². The fourth-order valence-corrected chi connectivity index (χ4v) is 5.73. The number of aromatic nitrogens is 1. The van der Waals surface area contributed by atoms with Crippen LogP contribution in [0.15, 0.2) is 17.5 Å². The standard InChI is InChI=1S/C24H34FN5OS/c1-15-12-30(13-16(2)28(15)3)22-11-19(25)18(10-20(22)26)21-14-32-23(27-21)24(31)29(4)17-8-6-5-7-9-17/h10-11,14-17H,5-9,12-13,26H2,1-4H3/t15-,16+. The van der Waals surface area contributed by atoms with Gasteiger partial charge in [-0.3, -0.25) is 9.69 Å². The number of amides is 1. The number of thiazole rings is 1. The van der Waals surface area contributed by atoms with Gasteiger partial charge in [-0.15, -0.1) is 11.3 Å². The lowest BCUT2D eigenvalue weighted by Gasteiger charge is -2.43. The van der Waals surface area contributed by atoms with Gasteiger partial charge in [0.2, 0.25) is 0 Å². The Morgan fingerprint density at radius 1 is 1.19 bits per heavy atom. The van der Waals surface area contributed by atoms with E-state index in [0.717, 1.165) is 44.5 Å². The number of nitrogen functional groups attached to an aromatic ring is 1. The molecule has 1 aliphatic heterocycles. The Bertz CT molecular complexity index is 961. The van der Waals surface area contributed by atoms with Gasteiger partial charge in [0.25, 0.3) is 5.91 Å². The van der Waals surface area contributed by atoms with E-state index in [1.165, 1.54) is 23.8 Å². The van der Waals surface area contributed by atoms with Crippen LogP contribution in [0.4, 0.5) is 15.8 Å². The van der Waals surface area contributed by atoms with Crippen molar-refractivity contribution in [2.75, 3.05) is 37.8 Å². The van der Waals surface area contributed by atoms with Crippen molar-refractivity contribution in [2.45, 2.75) is 64.1 Å². The monoisotopic (exact) mass is 459 g/mol. The van der Waals surface area contributed by atoms with Gasteiger partial charge in [0.05, 0.1) is 17.1 Å². The molecule has 0 radical (unpaired) electrons. The third-order valence-electron chi connectivity index (χ3n) is 7.22. The summed E-state index contributed by atoms with van der Waals surface area (Å²) < 4.78 is 15.2. The van der Waals surface area contributed by atoms with Crippen LogP contribution in [0.3, 0.4) is 0 Å². The number of carbonyl (C=O) groups is 1. The number of halogens is 1. The number of likely N-dealkylation sites (N-methyl/N-ethyl adjacent to an activating group) is 1. The van der Waals surface area contributed by atoms with E-state index in [4.69, 9.17) is 5.73 Å². The van der Waals surface area contributed by atoms with E-state index >= 15 is 4.39 Å². The highest BCUT2D eigenvalue weighted by Crippen LogP contribution is 2.35. The molecule has 2 fully saturated rings. The molecular formula is C24H34FN5OS. The van der Waals surface area contributed by atoms with Crippen LogP contribution in [0.1, 0.15) is 55.8 Å². The highest BCUT2D eigenvalue weighted by molar-refractivity contribution is 7.12. The van der Waals surface area contributed by atoms with Crippen LogP contribution in [0.2, 0.25) is 0 Å². The first kappa shape index (κ1) is 23.0. The third kappa shape index (κ3) is 4.48. The minimum Gasteiger partial charge on any atom is -0.397 e. The second-order valence-corrected chi connectivity index (χ2v) is 10.3. The van der Waals surface area contributed by atoms with Crippen molar-refractivity contribution < 1.29 is 9.18 Å². The van der Waals surface area contributed by atoms with Gasteiger partial charge in [0.15, 0.2) is 5.01 Å². The second-order valence-electron chi connectivity index (χ2n) is 9.41. The summed E-state index contributed by atoms with van der Waals surface area (Å²) in [6.07, 6.45) is 5.63. The minimum atomic E-state index is -0.363. The number of nitrogens with zero attached hydrogens (tertiary/aromatic N) is 4. The number of anilines is 2. The number of hydrogen-bond donors (Lipinski definition) is 1. The number of benzene rings is 1. The van der Waals surface area contributed by atoms with Crippen molar-refractivity contribution in [1.82, 2.24) is 14.8 Å². The summed E-state index contributed by atoms with van der Waals surface area (Å²) in [5, 5.41) is 2.15. The molecule has 0 bridgehead atoms. The molecule has 1 aromatic heterocycles. The van der Waals surface area contributed by atoms with E-state index in [-0.39, 0.29) is 17.8 Å². The molecule has 2 heterocycles. The van der Waals surface area contributed by atoms with Gasteiger partial charge in [-0.25, -0.2) is 9.37 Å². The third-order valence-corrected chi connectivity index (χ3v) is 8.05. The zero-order chi connectivity index (χ0) is 23.0. The van der Waals surface area contributed by atoms with Gasteiger partial charge in [-0.05, 0) is 45.9 Å². The molecule has 2 N–H and O–H groups in total. The van der Waals surface area contributed by atoms with E-state index in [1.807, 2.05) is 11.9 Å². The van der Waals surface area contributed by atoms with Crippen molar-refractivity contribution in [3.63, 3.8) is 0 Å². The first-order valence-electron chi connectivity index (χ1n) is 11.5. The SMILES string of the molecule is C[C@@H]1CN(c2cc(F)c(-c3csc(C(=O)N(C)C4CCCCC4)n3)cc2N)C[C@H](C)N1C. The minimum absolute atomic E-state index is 0.0847. The van der Waals surface area contributed by atoms with Crippen LogP contribution in [0.5, 0.6) is 0 Å². The highest BCUT2D eigenvalue weighted by Gasteiger charge is 2.29. The summed E-state index contributed by atoms with van der Waals surface area (Å²) in [7, 11) is 3.97. The van der Waals surface area contributed by atoms with Crippen LogP contribution in [-0.2, 0) is 0 Å². The molecule has 2 aromatic rings. The molecule has 0 spiro atoms. The second kappa shape index (κ2) is 9.35. The molecule has 32 heavy (non-hydrogen) atoms. The molecule has 8 heteroatoms. The van der Waals surface area contributed by atoms with Crippen LogP contribution in [0.25, 0.3) is 11.3 Å². The summed E-state index contributed by atoms with van der Waals surface area (Å²) in [5.74, 6) is -0.447. The zero-order valence-corrected chi connectivity index (χ0v) is 20.3. The molecule has 2 aliphatic rings. The molecule has 2 atom stereocenters. The highest BCUT2D eigenvalue weighted by atomic mass is 32.1. The summed E-state index contributed by atoms with van der Waals surface area (Å²) in [6, 6.07) is 4.16. The number of rotatable bonds is 4. The Morgan fingerprint density at radius 2 is 1.84 bits per heavy atom. The number of piperazine rings is 1. The van der Waals surface area contributed by atoms with Gasteiger partial charge >= 0.3 is 0 Å². The van der Waals surface area contributed by atoms with E-state index in [1.54, 1.807) is 11.4 Å². The maximum absolute atomic E-state index is 15.2. The quantitative estimate of drug-likeness (QED) is 0.684. The smallest absolute Gasteiger partial charge is 0.282 e. The maximum Gasteiger partial charge on any atom is 0.282 e. The van der Waals surface area contributed by atoms with Crippen molar-refractivity contribution in [3.05, 3.63) is 28.3 Å². The maximum atomic E-state index is 15.2. The van der Waals surface area contributed by atoms with E-state index < -0.39 is 0 Å². The van der Waals surface area contributed by atoms with Gasteiger partial charge in [-0.2, -0.15) is 0 Å². The molecule has 1 saturated carbocycles. The normalized spacial score (nSPS) is 22.8. The van der Waals surface area contributed by atoms with Gasteiger partial charge < -0.3 is 15.5 Å². The predicted molar refractivity (Wildman–Crippen MR) is 130 cm³/mol. The zero-order valence-electron chi connectivity index (χ0n) is 19.5. The van der Waals surface area contributed by atoms with Gasteiger partial charge in [0, 0.05) is 49.2 Å². The number of nitrogens with two attached hydrogens (primary N) is 1. The molecule has 6 nitrogen and oxygen atoms in total. The lowest BCUT2D eigenvalue weighted by Crippen LogP contribution is -2.55. The van der Waals surface area contributed by atoms with Crippen molar-refractivity contribution in [3.8, 4) is 11.3 Å². The van der Waals surface area contributed by atoms with Crippen LogP contribution >= 0.6 is 11.3 Å². The van der Waals surface area contributed by atoms with E-state index in [0.29, 0.717) is 34.0 Å². The van der Waals surface area contributed by atoms with Crippen molar-refractivity contribution in [2.24, 2.45) is 0 Å². The molecular weight excluding hydrogens is 425 g/mol. The summed E-state index contributed by atoms with van der Waals surface area (Å²) >= 11 is 1.27. The molecule has 1 saturated heterocycles. The Labute approximate surface area is 194 Å². The van der Waals surface area contributed by atoms with E-state index in [9.17, 15) is 4.79 Å². The van der Waals surface area contributed by atoms with E-state index in [2.05, 4.69) is 35.7 Å². The Balaban J connectivity index is 1.54. The van der Waals surface area contributed by atoms with Crippen molar-refractivity contribution >= 4 is 28.6 Å². The predicted octanol–water partition coefficient (Wildman–Crippen LogP) is 4.46. The summed E-state index contributed by atoms with van der Waals surface area (Å²) in [5.41, 5.74) is 8.44. The molecule has 4 rings (SSSR count). The molecule has 1 amide bonds. The van der Waals surface area contributed by atoms with Crippen LogP contribution in [0, 0.1) is 5.82 Å². The van der Waals surface area contributed by atoms with Gasteiger partial charge in [0.1, 0.15) is 5.82 Å². The fraction of sp³-hybridized carbons (Fsp3) is 0.583.